The van der Waals surface area contributed by atoms with Gasteiger partial charge in [0.05, 0.1) is 13.7 Å². The molecule has 0 saturated carbocycles. The minimum atomic E-state index is -1.03. The van der Waals surface area contributed by atoms with Crippen LogP contribution in [0.2, 0.25) is 0 Å². The number of halogens is 1. The summed E-state index contributed by atoms with van der Waals surface area (Å²) in [5.74, 6) is 0.478. The first-order valence-corrected chi connectivity index (χ1v) is 8.82. The molecule has 130 valence electrons. The van der Waals surface area contributed by atoms with Gasteiger partial charge in [0.15, 0.2) is 0 Å². The first-order chi connectivity index (χ1) is 12.0. The first kappa shape index (κ1) is 17.5. The summed E-state index contributed by atoms with van der Waals surface area (Å²) in [5.41, 5.74) is 0.624. The Bertz CT molecular complexity index is 789. The lowest BCUT2D eigenvalue weighted by atomic mass is 9.87. The van der Waals surface area contributed by atoms with Crippen LogP contribution in [0.25, 0.3) is 0 Å². The topological polar surface area (TPSA) is 58.6 Å². The van der Waals surface area contributed by atoms with E-state index in [1.807, 2.05) is 43.3 Å². The number of imide groups is 1. The molecule has 1 atom stereocenters. The van der Waals surface area contributed by atoms with Gasteiger partial charge in [0.2, 0.25) is 0 Å². The lowest BCUT2D eigenvalue weighted by molar-refractivity contribution is -0.132. The molecule has 3 rings (SSSR count). The van der Waals surface area contributed by atoms with Crippen molar-refractivity contribution in [1.29, 1.82) is 0 Å². The molecule has 3 amide bonds. The number of nitrogens with one attached hydrogen (secondary N) is 1. The van der Waals surface area contributed by atoms with Crippen LogP contribution in [-0.4, -0.2) is 23.9 Å². The summed E-state index contributed by atoms with van der Waals surface area (Å²) in [4.78, 5) is 26.9. The molecule has 1 aliphatic heterocycles. The maximum Gasteiger partial charge on any atom is 0.325 e. The predicted molar refractivity (Wildman–Crippen MR) is 98.2 cm³/mol. The van der Waals surface area contributed by atoms with E-state index < -0.39 is 5.54 Å². The van der Waals surface area contributed by atoms with Crippen LogP contribution >= 0.6 is 15.9 Å². The Morgan fingerprint density at radius 1 is 1.08 bits per heavy atom. The molecule has 6 heteroatoms. The Morgan fingerprint density at radius 3 is 2.28 bits per heavy atom. The molecule has 5 nitrogen and oxygen atoms in total. The summed E-state index contributed by atoms with van der Waals surface area (Å²) in [7, 11) is 1.59. The smallest absolute Gasteiger partial charge is 0.325 e. The number of benzene rings is 2. The monoisotopic (exact) mass is 402 g/mol. The van der Waals surface area contributed by atoms with E-state index in [1.165, 1.54) is 4.90 Å². The Morgan fingerprint density at radius 2 is 1.72 bits per heavy atom. The highest BCUT2D eigenvalue weighted by Crippen LogP contribution is 2.34. The average Bonchev–Trinajstić information content (AvgIpc) is 2.88. The van der Waals surface area contributed by atoms with E-state index in [4.69, 9.17) is 4.74 Å². The summed E-state index contributed by atoms with van der Waals surface area (Å²) < 4.78 is 6.12. The molecule has 1 saturated heterocycles. The molecule has 1 fully saturated rings. The van der Waals surface area contributed by atoms with Crippen LogP contribution in [0.15, 0.2) is 53.0 Å². The highest BCUT2D eigenvalue weighted by Gasteiger charge is 2.51. The van der Waals surface area contributed by atoms with E-state index in [2.05, 4.69) is 21.2 Å². The Hall–Kier alpha value is -2.34. The van der Waals surface area contributed by atoms with Gasteiger partial charge in [-0.15, -0.1) is 0 Å². The minimum absolute atomic E-state index is 0.229. The Balaban J connectivity index is 1.90. The van der Waals surface area contributed by atoms with Crippen molar-refractivity contribution in [3.63, 3.8) is 0 Å². The van der Waals surface area contributed by atoms with E-state index in [9.17, 15) is 9.59 Å². The van der Waals surface area contributed by atoms with Gasteiger partial charge in [0.25, 0.3) is 5.91 Å². The molecule has 0 bridgehead atoms. The van der Waals surface area contributed by atoms with Gasteiger partial charge < -0.3 is 10.1 Å². The number of amides is 3. The first-order valence-electron chi connectivity index (χ1n) is 8.03. The highest BCUT2D eigenvalue weighted by molar-refractivity contribution is 9.10. The van der Waals surface area contributed by atoms with E-state index in [0.717, 1.165) is 15.6 Å². The zero-order chi connectivity index (χ0) is 18.0. The van der Waals surface area contributed by atoms with E-state index in [0.29, 0.717) is 12.2 Å². The van der Waals surface area contributed by atoms with Gasteiger partial charge in [-0.05, 0) is 41.8 Å². The zero-order valence-electron chi connectivity index (χ0n) is 14.1. The number of carbonyl (C=O) groups is 2. The predicted octanol–water partition coefficient (Wildman–Crippen LogP) is 3.82. The van der Waals surface area contributed by atoms with Gasteiger partial charge in [0.1, 0.15) is 11.3 Å². The molecule has 1 heterocycles. The molecule has 1 N–H and O–H groups in total. The maximum absolute atomic E-state index is 13.1. The molecule has 2 aromatic carbocycles. The average molecular weight is 403 g/mol. The number of nitrogens with zero attached hydrogens (tertiary/aromatic N) is 1. The number of hydrogen-bond acceptors (Lipinski definition) is 3. The number of hydrogen-bond donors (Lipinski definition) is 1. The van der Waals surface area contributed by atoms with Gasteiger partial charge >= 0.3 is 6.03 Å². The largest absolute Gasteiger partial charge is 0.497 e. The van der Waals surface area contributed by atoms with Gasteiger partial charge in [-0.3, -0.25) is 9.69 Å². The van der Waals surface area contributed by atoms with Crippen LogP contribution in [0.3, 0.4) is 0 Å². The standard InChI is InChI=1S/C19H19BrN2O3/c1-3-19(14-6-10-16(25-2)11-7-14)17(23)22(18(24)21-19)12-13-4-8-15(20)9-5-13/h4-11H,3,12H2,1-2H3,(H,21,24)/t19-/m1/s1. The number of urea groups is 1. The SMILES string of the molecule is CC[C@]1(c2ccc(OC)cc2)NC(=O)N(Cc2ccc(Br)cc2)C1=O. The van der Waals surface area contributed by atoms with Gasteiger partial charge in [-0.2, -0.15) is 0 Å². The molecule has 0 radical (unpaired) electrons. The summed E-state index contributed by atoms with van der Waals surface area (Å²) >= 11 is 3.38. The third-order valence-corrected chi connectivity index (χ3v) is 5.07. The molecular formula is C19H19BrN2O3. The van der Waals surface area contributed by atoms with E-state index >= 15 is 0 Å². The molecule has 0 unspecified atom stereocenters. The maximum atomic E-state index is 13.1. The van der Waals surface area contributed by atoms with Crippen molar-refractivity contribution in [2.75, 3.05) is 7.11 Å². The van der Waals surface area contributed by atoms with Crippen molar-refractivity contribution in [3.05, 3.63) is 64.1 Å². The van der Waals surface area contributed by atoms with Crippen LogP contribution in [0.4, 0.5) is 4.79 Å². The summed E-state index contributed by atoms with van der Waals surface area (Å²) in [6.07, 6.45) is 0.473. The third kappa shape index (κ3) is 3.14. The molecule has 25 heavy (non-hydrogen) atoms. The Kier molecular flexibility index (Phi) is 4.81. The van der Waals surface area contributed by atoms with Crippen molar-refractivity contribution in [2.24, 2.45) is 0 Å². The van der Waals surface area contributed by atoms with Gasteiger partial charge in [0, 0.05) is 4.47 Å². The van der Waals surface area contributed by atoms with Gasteiger partial charge in [-0.1, -0.05) is 47.1 Å². The summed E-state index contributed by atoms with van der Waals surface area (Å²) in [6.45, 7) is 2.14. The van der Waals surface area contributed by atoms with Crippen LogP contribution in [-0.2, 0) is 16.9 Å². The number of rotatable bonds is 5. The molecule has 0 spiro atoms. The van der Waals surface area contributed by atoms with Crippen molar-refractivity contribution in [1.82, 2.24) is 10.2 Å². The molecule has 0 aromatic heterocycles. The fourth-order valence-corrected chi connectivity index (χ4v) is 3.32. The third-order valence-electron chi connectivity index (χ3n) is 4.54. The number of ether oxygens (including phenoxy) is 1. The van der Waals surface area contributed by atoms with E-state index in [1.54, 1.807) is 19.2 Å². The van der Waals surface area contributed by atoms with Crippen LogP contribution in [0, 0.1) is 0 Å². The second kappa shape index (κ2) is 6.88. The van der Waals surface area contributed by atoms with Crippen molar-refractivity contribution in [2.45, 2.75) is 25.4 Å². The lowest BCUT2D eigenvalue weighted by Gasteiger charge is -2.26. The quantitative estimate of drug-likeness (QED) is 0.773. The fraction of sp³-hybridized carbons (Fsp3) is 0.263. The minimum Gasteiger partial charge on any atom is -0.497 e. The molecular weight excluding hydrogens is 384 g/mol. The fourth-order valence-electron chi connectivity index (χ4n) is 3.06. The van der Waals surface area contributed by atoms with Crippen molar-refractivity contribution < 1.29 is 14.3 Å². The highest BCUT2D eigenvalue weighted by atomic mass is 79.9. The molecule has 1 aliphatic rings. The normalized spacial score (nSPS) is 19.9. The summed E-state index contributed by atoms with van der Waals surface area (Å²) in [6, 6.07) is 14.4. The van der Waals surface area contributed by atoms with Crippen LogP contribution in [0.5, 0.6) is 5.75 Å². The van der Waals surface area contributed by atoms with Crippen molar-refractivity contribution >= 4 is 27.9 Å². The van der Waals surface area contributed by atoms with Crippen molar-refractivity contribution in [3.8, 4) is 5.75 Å². The second-order valence-corrected chi connectivity index (χ2v) is 6.85. The second-order valence-electron chi connectivity index (χ2n) is 5.94. The number of methoxy groups -OCH3 is 1. The van der Waals surface area contributed by atoms with Gasteiger partial charge in [-0.25, -0.2) is 4.79 Å². The lowest BCUT2D eigenvalue weighted by Crippen LogP contribution is -2.43. The Labute approximate surface area is 155 Å². The van der Waals surface area contributed by atoms with Crippen LogP contribution in [0.1, 0.15) is 24.5 Å². The summed E-state index contributed by atoms with van der Waals surface area (Å²) in [5, 5.41) is 2.89. The van der Waals surface area contributed by atoms with Crippen LogP contribution < -0.4 is 10.1 Å². The zero-order valence-corrected chi connectivity index (χ0v) is 15.7. The van der Waals surface area contributed by atoms with E-state index in [-0.39, 0.29) is 18.5 Å². The molecule has 0 aliphatic carbocycles. The number of carbonyl (C=O) groups excluding carboxylic acids is 2. The molecule has 2 aromatic rings.